The van der Waals surface area contributed by atoms with E-state index in [1.807, 2.05) is 0 Å². The van der Waals surface area contributed by atoms with Gasteiger partial charge in [-0.2, -0.15) is 0 Å². The number of hydrazine groups is 1. The number of carboxylic acid groups (broad SMARTS) is 1. The SMILES string of the molecule is CS(=O)(=O)N(NC(=O)c1cccc(N=C(N)N)c1)C(Cc1ccccc1)C(=O)O. The molecule has 1 unspecified atom stereocenters. The van der Waals surface area contributed by atoms with Gasteiger partial charge in [0.1, 0.15) is 6.04 Å². The van der Waals surface area contributed by atoms with Gasteiger partial charge in [0.25, 0.3) is 5.91 Å². The Kier molecular flexibility index (Phi) is 6.91. The second kappa shape index (κ2) is 9.17. The van der Waals surface area contributed by atoms with E-state index in [-0.39, 0.29) is 23.6 Å². The van der Waals surface area contributed by atoms with E-state index in [1.165, 1.54) is 18.2 Å². The molecule has 154 valence electrons. The highest BCUT2D eigenvalue weighted by molar-refractivity contribution is 7.88. The van der Waals surface area contributed by atoms with Crippen LogP contribution in [0.1, 0.15) is 15.9 Å². The number of nitrogens with two attached hydrogens (primary N) is 2. The van der Waals surface area contributed by atoms with Gasteiger partial charge in [0.15, 0.2) is 5.96 Å². The lowest BCUT2D eigenvalue weighted by molar-refractivity contribution is -0.142. The Bertz CT molecular complexity index is 1020. The summed E-state index contributed by atoms with van der Waals surface area (Å²) in [6.45, 7) is 0. The molecule has 0 aliphatic carbocycles. The van der Waals surface area contributed by atoms with Gasteiger partial charge in [0.2, 0.25) is 10.0 Å². The summed E-state index contributed by atoms with van der Waals surface area (Å²) in [7, 11) is -4.11. The van der Waals surface area contributed by atoms with Crippen molar-refractivity contribution in [3.8, 4) is 0 Å². The van der Waals surface area contributed by atoms with E-state index < -0.39 is 27.9 Å². The van der Waals surface area contributed by atoms with Gasteiger partial charge in [-0.25, -0.2) is 13.4 Å². The fourth-order valence-corrected chi connectivity index (χ4v) is 3.41. The lowest BCUT2D eigenvalue weighted by Gasteiger charge is -2.27. The molecule has 0 heterocycles. The molecule has 2 aromatic rings. The van der Waals surface area contributed by atoms with Gasteiger partial charge in [-0.05, 0) is 23.8 Å². The van der Waals surface area contributed by atoms with Crippen molar-refractivity contribution >= 4 is 33.5 Å². The van der Waals surface area contributed by atoms with Crippen LogP contribution in [0.3, 0.4) is 0 Å². The number of aliphatic carboxylic acids is 1. The number of sulfonamides is 1. The minimum Gasteiger partial charge on any atom is -0.480 e. The van der Waals surface area contributed by atoms with Crippen LogP contribution < -0.4 is 16.9 Å². The summed E-state index contributed by atoms with van der Waals surface area (Å²) < 4.78 is 24.9. The Balaban J connectivity index is 2.33. The molecule has 1 amide bonds. The number of carboxylic acids is 1. The van der Waals surface area contributed by atoms with E-state index in [4.69, 9.17) is 11.5 Å². The van der Waals surface area contributed by atoms with Crippen molar-refractivity contribution in [3.05, 3.63) is 65.7 Å². The zero-order chi connectivity index (χ0) is 21.6. The van der Waals surface area contributed by atoms with Gasteiger partial charge < -0.3 is 16.6 Å². The summed E-state index contributed by atoms with van der Waals surface area (Å²) >= 11 is 0. The number of hydrogen-bond donors (Lipinski definition) is 4. The van der Waals surface area contributed by atoms with Crippen LogP contribution in [0.25, 0.3) is 0 Å². The molecule has 1 atom stereocenters. The van der Waals surface area contributed by atoms with Gasteiger partial charge in [-0.3, -0.25) is 15.0 Å². The minimum absolute atomic E-state index is 0.0463. The van der Waals surface area contributed by atoms with E-state index in [9.17, 15) is 23.1 Å². The lowest BCUT2D eigenvalue weighted by atomic mass is 10.1. The monoisotopic (exact) mass is 419 g/mol. The number of carbonyl (C=O) groups excluding carboxylic acids is 1. The number of guanidine groups is 1. The van der Waals surface area contributed by atoms with Crippen LogP contribution >= 0.6 is 0 Å². The molecular formula is C18H21N5O5S. The molecule has 2 aromatic carbocycles. The summed E-state index contributed by atoms with van der Waals surface area (Å²) in [6.07, 6.45) is 0.668. The maximum absolute atomic E-state index is 12.6. The predicted molar refractivity (Wildman–Crippen MR) is 108 cm³/mol. The third-order valence-electron chi connectivity index (χ3n) is 3.78. The molecule has 0 spiro atoms. The first kappa shape index (κ1) is 21.9. The number of rotatable bonds is 8. The summed E-state index contributed by atoms with van der Waals surface area (Å²) in [4.78, 5) is 28.2. The predicted octanol–water partition coefficient (Wildman–Crippen LogP) is 0.194. The second-order valence-corrected chi connectivity index (χ2v) is 7.99. The molecule has 0 aliphatic rings. The normalized spacial score (nSPS) is 12.2. The zero-order valence-corrected chi connectivity index (χ0v) is 16.3. The van der Waals surface area contributed by atoms with Crippen molar-refractivity contribution in [1.29, 1.82) is 0 Å². The van der Waals surface area contributed by atoms with Crippen LogP contribution in [0, 0.1) is 0 Å². The average Bonchev–Trinajstić information content (AvgIpc) is 2.63. The standard InChI is InChI=1S/C18H21N5O5S/c1-29(27,28)23(15(17(25)26)10-12-6-3-2-4-7-12)22-16(24)13-8-5-9-14(11-13)21-18(19)20/h2-9,11,15H,10H2,1H3,(H,22,24)(H,25,26)(H4,19,20,21). The highest BCUT2D eigenvalue weighted by atomic mass is 32.2. The second-order valence-electron chi connectivity index (χ2n) is 6.13. The maximum Gasteiger partial charge on any atom is 0.324 e. The summed E-state index contributed by atoms with van der Waals surface area (Å²) in [5, 5.41) is 9.59. The first-order valence-electron chi connectivity index (χ1n) is 8.34. The molecule has 0 saturated heterocycles. The molecule has 2 rings (SSSR count). The van der Waals surface area contributed by atoms with E-state index in [0.717, 1.165) is 6.26 Å². The van der Waals surface area contributed by atoms with Crippen molar-refractivity contribution in [2.24, 2.45) is 16.5 Å². The van der Waals surface area contributed by atoms with Gasteiger partial charge >= 0.3 is 5.97 Å². The molecule has 0 aliphatic heterocycles. The van der Waals surface area contributed by atoms with E-state index >= 15 is 0 Å². The summed E-state index contributed by atoms with van der Waals surface area (Å²) in [5.74, 6) is -2.45. The summed E-state index contributed by atoms with van der Waals surface area (Å²) in [6, 6.07) is 12.7. The highest BCUT2D eigenvalue weighted by Crippen LogP contribution is 2.16. The smallest absolute Gasteiger partial charge is 0.324 e. The van der Waals surface area contributed by atoms with E-state index in [1.54, 1.807) is 36.4 Å². The number of benzene rings is 2. The van der Waals surface area contributed by atoms with Crippen LogP contribution in [-0.2, 0) is 21.2 Å². The molecule has 0 saturated carbocycles. The van der Waals surface area contributed by atoms with Crippen molar-refractivity contribution in [2.75, 3.05) is 6.26 Å². The van der Waals surface area contributed by atoms with Gasteiger partial charge in [-0.15, -0.1) is 0 Å². The van der Waals surface area contributed by atoms with Gasteiger partial charge in [0, 0.05) is 12.0 Å². The fourth-order valence-electron chi connectivity index (χ4n) is 2.53. The maximum atomic E-state index is 12.6. The Hall–Kier alpha value is -3.44. The quantitative estimate of drug-likeness (QED) is 0.269. The number of carbonyl (C=O) groups is 2. The lowest BCUT2D eigenvalue weighted by Crippen LogP contribution is -2.55. The Morgan fingerprint density at radius 1 is 1.14 bits per heavy atom. The van der Waals surface area contributed by atoms with Crippen LogP contribution in [0.5, 0.6) is 0 Å². The molecule has 11 heteroatoms. The largest absolute Gasteiger partial charge is 0.480 e. The first-order valence-corrected chi connectivity index (χ1v) is 10.2. The van der Waals surface area contributed by atoms with E-state index in [2.05, 4.69) is 10.4 Å². The van der Waals surface area contributed by atoms with Crippen LogP contribution in [-0.4, -0.2) is 48.1 Å². The van der Waals surface area contributed by atoms with Gasteiger partial charge in [-0.1, -0.05) is 40.8 Å². The van der Waals surface area contributed by atoms with Crippen LogP contribution in [0.2, 0.25) is 0 Å². The highest BCUT2D eigenvalue weighted by Gasteiger charge is 2.34. The van der Waals surface area contributed by atoms with Crippen molar-refractivity contribution < 1.29 is 23.1 Å². The molecule has 6 N–H and O–H groups in total. The molecule has 0 aromatic heterocycles. The van der Waals surface area contributed by atoms with Crippen molar-refractivity contribution in [2.45, 2.75) is 12.5 Å². The third-order valence-corrected chi connectivity index (χ3v) is 4.84. The first-order chi connectivity index (χ1) is 13.6. The average molecular weight is 419 g/mol. The number of aliphatic imine (C=N–C) groups is 1. The molecule has 10 nitrogen and oxygen atoms in total. The molecule has 0 radical (unpaired) electrons. The van der Waals surface area contributed by atoms with Crippen LogP contribution in [0.15, 0.2) is 59.6 Å². The summed E-state index contributed by atoms with van der Waals surface area (Å²) in [5.41, 5.74) is 13.7. The number of nitrogens with zero attached hydrogens (tertiary/aromatic N) is 2. The third kappa shape index (κ3) is 6.30. The minimum atomic E-state index is -4.11. The van der Waals surface area contributed by atoms with Crippen molar-refractivity contribution in [3.63, 3.8) is 0 Å². The zero-order valence-electron chi connectivity index (χ0n) is 15.5. The van der Waals surface area contributed by atoms with Crippen molar-refractivity contribution in [1.82, 2.24) is 9.84 Å². The molecule has 0 fully saturated rings. The Labute approximate surface area is 167 Å². The van der Waals surface area contributed by atoms with Crippen LogP contribution in [0.4, 0.5) is 5.69 Å². The molecule has 29 heavy (non-hydrogen) atoms. The van der Waals surface area contributed by atoms with E-state index in [0.29, 0.717) is 9.98 Å². The molecule has 0 bridgehead atoms. The number of amides is 1. The Morgan fingerprint density at radius 2 is 1.79 bits per heavy atom. The fraction of sp³-hybridized carbons (Fsp3) is 0.167. The molecular weight excluding hydrogens is 398 g/mol. The number of nitrogens with one attached hydrogen (secondary N) is 1. The van der Waals surface area contributed by atoms with Gasteiger partial charge in [0.05, 0.1) is 11.9 Å². The Morgan fingerprint density at radius 3 is 2.34 bits per heavy atom. The number of hydrogen-bond acceptors (Lipinski definition) is 5. The topological polar surface area (TPSA) is 168 Å².